The first-order valence-electron chi connectivity index (χ1n) is 14.4. The summed E-state index contributed by atoms with van der Waals surface area (Å²) in [7, 11) is 1.81. The van der Waals surface area contributed by atoms with Gasteiger partial charge in [-0.2, -0.15) is 0 Å². The molecular formula is C32H38N8OSn. The van der Waals surface area contributed by atoms with Gasteiger partial charge in [-0.15, -0.1) is 0 Å². The standard InChI is InChI=1S/C29H29N8O.3CH3.Sn/c1-3-4-14-26-30-33-28(29(38)36(2)19-21-10-6-5-7-11-21)37(26)20-22-15-17-23(18-16-22)24-12-8-9-13-25(24)27-31-34-35-32-27;;;;/h5-13,15-18H,3-4,14,19-20H2,1-2H3;3*1H3;/q-1;;;;+1. The van der Waals surface area contributed by atoms with Crippen LogP contribution in [0.5, 0.6) is 0 Å². The van der Waals surface area contributed by atoms with Crippen LogP contribution < -0.4 is 0 Å². The summed E-state index contributed by atoms with van der Waals surface area (Å²) in [6, 6.07) is 26.7. The predicted molar refractivity (Wildman–Crippen MR) is 167 cm³/mol. The number of hydrogen-bond acceptors (Lipinski definition) is 6. The van der Waals surface area contributed by atoms with Crippen molar-refractivity contribution >= 4 is 24.6 Å². The average Bonchev–Trinajstić information content (AvgIpc) is 3.64. The van der Waals surface area contributed by atoms with Gasteiger partial charge in [-0.3, -0.25) is 4.79 Å². The molecule has 0 aliphatic rings. The van der Waals surface area contributed by atoms with Gasteiger partial charge in [0.15, 0.2) is 0 Å². The molecule has 216 valence electrons. The summed E-state index contributed by atoms with van der Waals surface area (Å²) in [6.07, 6.45) is 2.80. The van der Waals surface area contributed by atoms with Crippen LogP contribution in [0.3, 0.4) is 0 Å². The predicted octanol–water partition coefficient (Wildman–Crippen LogP) is 5.94. The molecule has 10 heteroatoms. The van der Waals surface area contributed by atoms with Crippen LogP contribution in [0.4, 0.5) is 0 Å². The fourth-order valence-electron chi connectivity index (χ4n) is 4.99. The van der Waals surface area contributed by atoms with E-state index in [1.807, 2.05) is 54.1 Å². The molecule has 0 spiro atoms. The van der Waals surface area contributed by atoms with Crippen LogP contribution in [-0.4, -0.2) is 69.7 Å². The van der Waals surface area contributed by atoms with Gasteiger partial charge in [-0.1, -0.05) is 43.7 Å². The molecule has 0 N–H and O–H groups in total. The van der Waals surface area contributed by atoms with Crippen molar-refractivity contribution in [2.24, 2.45) is 0 Å². The van der Waals surface area contributed by atoms with Crippen molar-refractivity contribution in [1.29, 1.82) is 0 Å². The summed E-state index contributed by atoms with van der Waals surface area (Å²) < 4.78 is 4.05. The van der Waals surface area contributed by atoms with Crippen LogP contribution in [0.25, 0.3) is 22.5 Å². The summed E-state index contributed by atoms with van der Waals surface area (Å²) in [6.45, 7) is 3.18. The molecule has 0 saturated heterocycles. The number of aromatic nitrogens is 7. The Hall–Kier alpha value is -3.86. The summed E-state index contributed by atoms with van der Waals surface area (Å²) in [4.78, 5) is 22.1. The van der Waals surface area contributed by atoms with Crippen molar-refractivity contribution in [3.05, 3.63) is 102 Å². The maximum absolute atomic E-state index is 13.5. The number of tetrazole rings is 1. The molecule has 5 rings (SSSR count). The number of carbonyl (C=O) groups excluding carboxylic acids is 1. The third kappa shape index (κ3) is 6.61. The van der Waals surface area contributed by atoms with Gasteiger partial charge in [-0.05, 0) is 12.0 Å². The molecular weight excluding hydrogens is 631 g/mol. The van der Waals surface area contributed by atoms with E-state index in [9.17, 15) is 4.79 Å². The van der Waals surface area contributed by atoms with E-state index in [4.69, 9.17) is 0 Å². The molecule has 0 saturated carbocycles. The second-order valence-corrected chi connectivity index (χ2v) is 25.2. The number of amides is 1. The first kappa shape index (κ1) is 29.6. The molecule has 0 unspecified atom stereocenters. The molecule has 0 aliphatic carbocycles. The second kappa shape index (κ2) is 13.0. The van der Waals surface area contributed by atoms with E-state index in [1.165, 1.54) is 0 Å². The van der Waals surface area contributed by atoms with Gasteiger partial charge < -0.3 is 4.90 Å². The summed E-state index contributed by atoms with van der Waals surface area (Å²) in [5, 5.41) is 21.6. The van der Waals surface area contributed by atoms with E-state index in [2.05, 4.69) is 86.8 Å². The molecule has 0 atom stereocenters. The van der Waals surface area contributed by atoms with Gasteiger partial charge in [-0.25, -0.2) is 0 Å². The molecule has 3 aromatic carbocycles. The van der Waals surface area contributed by atoms with Crippen molar-refractivity contribution in [2.45, 2.75) is 54.1 Å². The number of carbonyl (C=O) groups is 1. The topological polar surface area (TPSA) is 94.6 Å². The Kier molecular flexibility index (Phi) is 9.15. The SMILES string of the molecule is CCCCc1nnc(C(=O)N(C)Cc2ccccc2)n1Cc1ccc(-c2ccccc2-c2nnn[n]2[Sn]([CH3])([CH3])[CH3])cc1. The summed E-state index contributed by atoms with van der Waals surface area (Å²) >= 11 is -2.60. The van der Waals surface area contributed by atoms with Crippen LogP contribution in [0.1, 0.15) is 47.3 Å². The van der Waals surface area contributed by atoms with Gasteiger partial charge in [0, 0.05) is 13.6 Å². The Morgan fingerprint density at radius 2 is 1.52 bits per heavy atom. The summed E-state index contributed by atoms with van der Waals surface area (Å²) in [5.41, 5.74) is 5.34. The molecule has 2 aromatic heterocycles. The first-order valence-corrected chi connectivity index (χ1v) is 24.3. The molecule has 0 fully saturated rings. The van der Waals surface area contributed by atoms with Crippen molar-refractivity contribution in [1.82, 2.24) is 38.1 Å². The van der Waals surface area contributed by atoms with E-state index in [0.717, 1.165) is 58.7 Å². The van der Waals surface area contributed by atoms with E-state index in [-0.39, 0.29) is 5.91 Å². The Morgan fingerprint density at radius 3 is 2.21 bits per heavy atom. The minimum absolute atomic E-state index is 0.137. The molecule has 0 aliphatic heterocycles. The van der Waals surface area contributed by atoms with Gasteiger partial charge in [0.05, 0.1) is 0 Å². The normalized spacial score (nSPS) is 11.5. The Bertz CT molecular complexity index is 1640. The number of nitrogens with zero attached hydrogens (tertiary/aromatic N) is 8. The van der Waals surface area contributed by atoms with Crippen molar-refractivity contribution in [3.8, 4) is 22.5 Å². The molecule has 2 heterocycles. The monoisotopic (exact) mass is 670 g/mol. The van der Waals surface area contributed by atoms with Gasteiger partial charge in [0.1, 0.15) is 0 Å². The van der Waals surface area contributed by atoms with Crippen molar-refractivity contribution in [3.63, 3.8) is 0 Å². The van der Waals surface area contributed by atoms with Gasteiger partial charge >= 0.3 is 174 Å². The molecule has 9 nitrogen and oxygen atoms in total. The molecule has 5 aromatic rings. The second-order valence-electron chi connectivity index (χ2n) is 11.6. The van der Waals surface area contributed by atoms with Crippen molar-refractivity contribution in [2.75, 3.05) is 7.05 Å². The average molecular weight is 669 g/mol. The zero-order chi connectivity index (χ0) is 29.7. The molecule has 42 heavy (non-hydrogen) atoms. The zero-order valence-corrected chi connectivity index (χ0v) is 27.9. The Morgan fingerprint density at radius 1 is 0.833 bits per heavy atom. The Balaban J connectivity index is 1.42. The van der Waals surface area contributed by atoms with Crippen LogP contribution in [0, 0.1) is 0 Å². The number of aryl methyl sites for hydroxylation is 1. The zero-order valence-electron chi connectivity index (χ0n) is 25.0. The van der Waals surface area contributed by atoms with Gasteiger partial charge in [0.2, 0.25) is 0 Å². The minimum atomic E-state index is -2.60. The quantitative estimate of drug-likeness (QED) is 0.162. The summed E-state index contributed by atoms with van der Waals surface area (Å²) in [5.74, 6) is 1.89. The van der Waals surface area contributed by atoms with Crippen LogP contribution >= 0.6 is 0 Å². The Labute approximate surface area is 251 Å². The third-order valence-electron chi connectivity index (χ3n) is 7.26. The molecule has 0 radical (unpaired) electrons. The van der Waals surface area contributed by atoms with E-state index >= 15 is 0 Å². The number of rotatable bonds is 11. The molecule has 1 amide bonds. The van der Waals surface area contributed by atoms with E-state index in [1.54, 1.807) is 4.90 Å². The van der Waals surface area contributed by atoms with Gasteiger partial charge in [0.25, 0.3) is 0 Å². The van der Waals surface area contributed by atoms with Crippen molar-refractivity contribution < 1.29 is 4.79 Å². The number of benzene rings is 3. The molecule has 0 bridgehead atoms. The van der Waals surface area contributed by atoms with Crippen LogP contribution in [0.15, 0.2) is 78.9 Å². The fourth-order valence-corrected chi connectivity index (χ4v) is 8.15. The van der Waals surface area contributed by atoms with E-state index in [0.29, 0.717) is 18.9 Å². The first-order chi connectivity index (χ1) is 20.3. The maximum atomic E-state index is 13.5. The third-order valence-corrected chi connectivity index (χ3v) is 11.7. The number of hydrogen-bond donors (Lipinski definition) is 0. The number of unbranched alkanes of at least 4 members (excludes halogenated alkanes) is 1. The van der Waals surface area contributed by atoms with E-state index < -0.39 is 18.7 Å². The van der Waals surface area contributed by atoms with Crippen LogP contribution in [-0.2, 0) is 19.5 Å². The van der Waals surface area contributed by atoms with Crippen LogP contribution in [0.2, 0.25) is 14.8 Å². The fraction of sp³-hybridized carbons (Fsp3) is 0.312.